The maximum atomic E-state index is 11.8. The van der Waals surface area contributed by atoms with Crippen molar-refractivity contribution >= 4 is 29.1 Å². The van der Waals surface area contributed by atoms with Crippen LogP contribution >= 0.6 is 23.2 Å². The van der Waals surface area contributed by atoms with E-state index in [-0.39, 0.29) is 24.4 Å². The minimum Gasteiger partial charge on any atom is -0.348 e. The summed E-state index contributed by atoms with van der Waals surface area (Å²) in [4.78, 5) is 11.8. The number of amides is 1. The van der Waals surface area contributed by atoms with E-state index >= 15 is 0 Å². The normalized spacial score (nSPS) is 13.5. The number of rotatable bonds is 5. The van der Waals surface area contributed by atoms with E-state index in [1.165, 1.54) is 0 Å². The van der Waals surface area contributed by atoms with E-state index in [0.717, 1.165) is 11.1 Å². The summed E-state index contributed by atoms with van der Waals surface area (Å²) in [5, 5.41) is 3.99. The molecule has 3 N–H and O–H groups in total. The fraction of sp³-hybridized carbons (Fsp3) is 0.235. The third kappa shape index (κ3) is 4.01. The van der Waals surface area contributed by atoms with Crippen LogP contribution in [0.1, 0.15) is 30.0 Å². The monoisotopic (exact) mass is 336 g/mol. The Kier molecular flexibility index (Phi) is 5.83. The van der Waals surface area contributed by atoms with Crippen molar-refractivity contribution < 1.29 is 4.79 Å². The Morgan fingerprint density at radius 3 is 2.36 bits per heavy atom. The summed E-state index contributed by atoms with van der Waals surface area (Å²) in [6, 6.07) is 15.1. The number of carbonyl (C=O) groups is 1. The first-order valence-electron chi connectivity index (χ1n) is 7.02. The van der Waals surface area contributed by atoms with Crippen molar-refractivity contribution in [3.8, 4) is 0 Å². The zero-order chi connectivity index (χ0) is 16.1. The molecular weight excluding hydrogens is 319 g/mol. The average Bonchev–Trinajstić information content (AvgIpc) is 2.55. The second-order valence-corrected chi connectivity index (χ2v) is 5.94. The van der Waals surface area contributed by atoms with Gasteiger partial charge in [0, 0.05) is 5.92 Å². The highest BCUT2D eigenvalue weighted by atomic mass is 35.5. The van der Waals surface area contributed by atoms with Crippen LogP contribution in [0.5, 0.6) is 0 Å². The average molecular weight is 337 g/mol. The molecule has 5 heteroatoms. The summed E-state index contributed by atoms with van der Waals surface area (Å²) in [7, 11) is 0. The number of halogens is 2. The van der Waals surface area contributed by atoms with Gasteiger partial charge in [0.15, 0.2) is 0 Å². The predicted molar refractivity (Wildman–Crippen MR) is 91.3 cm³/mol. The van der Waals surface area contributed by atoms with E-state index in [9.17, 15) is 4.79 Å². The van der Waals surface area contributed by atoms with Gasteiger partial charge in [0.25, 0.3) is 0 Å². The van der Waals surface area contributed by atoms with Crippen LogP contribution in [0, 0.1) is 0 Å². The van der Waals surface area contributed by atoms with Crippen LogP contribution in [0.3, 0.4) is 0 Å². The van der Waals surface area contributed by atoms with Gasteiger partial charge in [-0.15, -0.1) is 0 Å². The highest BCUT2D eigenvalue weighted by Crippen LogP contribution is 2.33. The van der Waals surface area contributed by atoms with Crippen molar-refractivity contribution in [3.63, 3.8) is 0 Å². The van der Waals surface area contributed by atoms with Crippen LogP contribution in [0.4, 0.5) is 0 Å². The van der Waals surface area contributed by atoms with Crippen LogP contribution in [0.2, 0.25) is 10.0 Å². The van der Waals surface area contributed by atoms with Gasteiger partial charge in [-0.2, -0.15) is 0 Å². The first-order chi connectivity index (χ1) is 10.5. The summed E-state index contributed by atoms with van der Waals surface area (Å²) in [6.07, 6.45) is 0. The molecule has 0 saturated carbocycles. The van der Waals surface area contributed by atoms with Gasteiger partial charge in [0.1, 0.15) is 0 Å². The quantitative estimate of drug-likeness (QED) is 0.869. The van der Waals surface area contributed by atoms with Crippen molar-refractivity contribution in [2.75, 3.05) is 6.54 Å². The summed E-state index contributed by atoms with van der Waals surface area (Å²) >= 11 is 12.1. The molecule has 2 aromatic rings. The number of nitrogens with two attached hydrogens (primary N) is 1. The highest BCUT2D eigenvalue weighted by Gasteiger charge is 2.22. The summed E-state index contributed by atoms with van der Waals surface area (Å²) < 4.78 is 0. The Morgan fingerprint density at radius 1 is 1.09 bits per heavy atom. The molecule has 0 aromatic heterocycles. The van der Waals surface area contributed by atoms with Crippen molar-refractivity contribution in [3.05, 3.63) is 69.7 Å². The predicted octanol–water partition coefficient (Wildman–Crippen LogP) is 3.91. The lowest BCUT2D eigenvalue weighted by Gasteiger charge is -2.26. The first-order valence-corrected chi connectivity index (χ1v) is 7.78. The van der Waals surface area contributed by atoms with Gasteiger partial charge in [-0.3, -0.25) is 4.79 Å². The lowest BCUT2D eigenvalue weighted by molar-refractivity contribution is -0.120. The van der Waals surface area contributed by atoms with E-state index in [1.807, 2.05) is 49.4 Å². The zero-order valence-corrected chi connectivity index (χ0v) is 13.7. The van der Waals surface area contributed by atoms with Gasteiger partial charge in [-0.25, -0.2) is 0 Å². The van der Waals surface area contributed by atoms with Gasteiger partial charge in [0.05, 0.1) is 22.6 Å². The molecule has 0 aliphatic rings. The van der Waals surface area contributed by atoms with E-state index < -0.39 is 0 Å². The summed E-state index contributed by atoms with van der Waals surface area (Å²) in [5.74, 6) is -0.173. The molecule has 0 bridgehead atoms. The van der Waals surface area contributed by atoms with Gasteiger partial charge in [0.2, 0.25) is 5.91 Å². The largest absolute Gasteiger partial charge is 0.348 e. The molecule has 0 aliphatic carbocycles. The maximum Gasteiger partial charge on any atom is 0.234 e. The van der Waals surface area contributed by atoms with Crippen LogP contribution < -0.4 is 11.1 Å². The molecular formula is C17H18Cl2N2O. The lowest BCUT2D eigenvalue weighted by Crippen LogP contribution is -2.36. The molecule has 0 saturated heterocycles. The smallest absolute Gasteiger partial charge is 0.234 e. The third-order valence-electron chi connectivity index (χ3n) is 3.63. The molecule has 2 aromatic carbocycles. The Bertz CT molecular complexity index is 646. The Morgan fingerprint density at radius 2 is 1.77 bits per heavy atom. The second kappa shape index (κ2) is 7.63. The molecule has 3 nitrogen and oxygen atoms in total. The van der Waals surface area contributed by atoms with E-state index in [0.29, 0.717) is 10.0 Å². The topological polar surface area (TPSA) is 55.1 Å². The molecule has 2 atom stereocenters. The number of hydrogen-bond donors (Lipinski definition) is 2. The Balaban J connectivity index is 2.34. The Labute approximate surface area is 140 Å². The number of carbonyl (C=O) groups excluding carboxylic acids is 1. The molecule has 116 valence electrons. The van der Waals surface area contributed by atoms with Gasteiger partial charge < -0.3 is 11.1 Å². The lowest BCUT2D eigenvalue weighted by atomic mass is 9.88. The maximum absolute atomic E-state index is 11.8. The molecule has 0 heterocycles. The van der Waals surface area contributed by atoms with E-state index in [1.54, 1.807) is 6.07 Å². The van der Waals surface area contributed by atoms with Crippen molar-refractivity contribution in [1.82, 2.24) is 5.32 Å². The molecule has 1 amide bonds. The number of nitrogens with one attached hydrogen (secondary N) is 1. The van der Waals surface area contributed by atoms with Crippen molar-refractivity contribution in [1.29, 1.82) is 0 Å². The number of hydrogen-bond acceptors (Lipinski definition) is 2. The second-order valence-electron chi connectivity index (χ2n) is 5.12. The summed E-state index contributed by atoms with van der Waals surface area (Å²) in [5.41, 5.74) is 7.45. The fourth-order valence-electron chi connectivity index (χ4n) is 2.38. The van der Waals surface area contributed by atoms with Crippen LogP contribution in [0.15, 0.2) is 48.5 Å². The van der Waals surface area contributed by atoms with Crippen molar-refractivity contribution in [2.45, 2.75) is 18.9 Å². The molecule has 0 aliphatic heterocycles. The Hall–Kier alpha value is -1.55. The van der Waals surface area contributed by atoms with Crippen LogP contribution in [-0.2, 0) is 4.79 Å². The third-order valence-corrected chi connectivity index (χ3v) is 4.37. The van der Waals surface area contributed by atoms with E-state index in [4.69, 9.17) is 28.9 Å². The zero-order valence-electron chi connectivity index (χ0n) is 12.2. The molecule has 0 fully saturated rings. The molecule has 2 rings (SSSR count). The SMILES string of the molecule is CC(c1ccc(Cl)c(Cl)c1)C(NC(=O)CN)c1ccccc1. The minimum atomic E-state index is -0.194. The molecule has 2 unspecified atom stereocenters. The van der Waals surface area contributed by atoms with Gasteiger partial charge in [-0.05, 0) is 23.3 Å². The van der Waals surface area contributed by atoms with Crippen LogP contribution in [-0.4, -0.2) is 12.5 Å². The molecule has 0 radical (unpaired) electrons. The summed E-state index contributed by atoms with van der Waals surface area (Å²) in [6.45, 7) is 1.99. The highest BCUT2D eigenvalue weighted by molar-refractivity contribution is 6.42. The first kappa shape index (κ1) is 16.8. The van der Waals surface area contributed by atoms with E-state index in [2.05, 4.69) is 5.32 Å². The molecule has 0 spiro atoms. The number of benzene rings is 2. The van der Waals surface area contributed by atoms with Gasteiger partial charge in [-0.1, -0.05) is 66.5 Å². The molecule has 22 heavy (non-hydrogen) atoms. The fourth-order valence-corrected chi connectivity index (χ4v) is 2.68. The van der Waals surface area contributed by atoms with Gasteiger partial charge >= 0.3 is 0 Å². The minimum absolute atomic E-state index is 0.0210. The van der Waals surface area contributed by atoms with Crippen molar-refractivity contribution in [2.24, 2.45) is 5.73 Å². The van der Waals surface area contributed by atoms with Crippen LogP contribution in [0.25, 0.3) is 0 Å². The standard InChI is InChI=1S/C17H18Cl2N2O/c1-11(13-7-8-14(18)15(19)9-13)17(21-16(22)10-20)12-5-3-2-4-6-12/h2-9,11,17H,10,20H2,1H3,(H,21,22).